The second-order valence-corrected chi connectivity index (χ2v) is 8.12. The zero-order valence-electron chi connectivity index (χ0n) is 15.7. The number of nitrogens with one attached hydrogen (secondary N) is 2. The number of benzene rings is 2. The van der Waals surface area contributed by atoms with Crippen molar-refractivity contribution >= 4 is 23.2 Å². The van der Waals surface area contributed by atoms with E-state index in [0.717, 1.165) is 56.1 Å². The molecule has 0 radical (unpaired) electrons. The van der Waals surface area contributed by atoms with E-state index in [2.05, 4.69) is 38.4 Å². The summed E-state index contributed by atoms with van der Waals surface area (Å²) < 4.78 is 0. The minimum Gasteiger partial charge on any atom is -0.341 e. The number of rotatable bonds is 6. The number of H-pyrrole nitrogens is 1. The average Bonchev–Trinajstić information content (AvgIpc) is 3.20. The van der Waals surface area contributed by atoms with Crippen LogP contribution in [-0.2, 0) is 13.1 Å². The molecular formula is C22H24Cl2N4. The van der Waals surface area contributed by atoms with Crippen molar-refractivity contribution in [2.45, 2.75) is 32.0 Å². The van der Waals surface area contributed by atoms with Crippen molar-refractivity contribution in [2.24, 2.45) is 0 Å². The van der Waals surface area contributed by atoms with E-state index in [0.29, 0.717) is 16.1 Å². The topological polar surface area (TPSA) is 44.0 Å². The van der Waals surface area contributed by atoms with Crippen molar-refractivity contribution in [1.29, 1.82) is 0 Å². The lowest BCUT2D eigenvalue weighted by molar-refractivity contribution is 0.190. The number of piperidine rings is 1. The van der Waals surface area contributed by atoms with E-state index in [1.165, 1.54) is 5.56 Å². The van der Waals surface area contributed by atoms with Crippen LogP contribution < -0.4 is 5.32 Å². The minimum absolute atomic E-state index is 0.536. The van der Waals surface area contributed by atoms with Gasteiger partial charge in [-0.3, -0.25) is 4.90 Å². The van der Waals surface area contributed by atoms with E-state index in [-0.39, 0.29) is 0 Å². The Bertz CT molecular complexity index is 902. The molecule has 28 heavy (non-hydrogen) atoms. The number of aromatic nitrogens is 2. The van der Waals surface area contributed by atoms with Crippen molar-refractivity contribution in [2.75, 3.05) is 13.1 Å². The van der Waals surface area contributed by atoms with Gasteiger partial charge in [-0.2, -0.15) is 0 Å². The number of aromatic amines is 1. The normalized spacial score (nSPS) is 15.8. The molecule has 0 aliphatic carbocycles. The predicted molar refractivity (Wildman–Crippen MR) is 116 cm³/mol. The molecule has 1 saturated heterocycles. The second kappa shape index (κ2) is 9.10. The third-order valence-electron chi connectivity index (χ3n) is 5.23. The molecule has 6 heteroatoms. The Hall–Kier alpha value is -1.85. The molecule has 4 rings (SSSR count). The van der Waals surface area contributed by atoms with Gasteiger partial charge in [0.05, 0.1) is 10.0 Å². The van der Waals surface area contributed by atoms with Crippen LogP contribution in [0.15, 0.2) is 54.7 Å². The van der Waals surface area contributed by atoms with E-state index < -0.39 is 0 Å². The summed E-state index contributed by atoms with van der Waals surface area (Å²) >= 11 is 12.1. The maximum atomic E-state index is 6.13. The minimum atomic E-state index is 0.536. The fourth-order valence-electron chi connectivity index (χ4n) is 3.64. The van der Waals surface area contributed by atoms with Gasteiger partial charge in [-0.1, -0.05) is 59.6 Å². The van der Waals surface area contributed by atoms with Crippen LogP contribution >= 0.6 is 23.2 Å². The molecule has 0 spiro atoms. The molecule has 3 aromatic rings. The van der Waals surface area contributed by atoms with E-state index in [9.17, 15) is 0 Å². The van der Waals surface area contributed by atoms with Gasteiger partial charge in [0.2, 0.25) is 0 Å². The molecule has 0 amide bonds. The predicted octanol–water partition coefficient (Wildman–Crippen LogP) is 5.14. The molecule has 1 aromatic heterocycles. The van der Waals surface area contributed by atoms with Gasteiger partial charge in [0.15, 0.2) is 0 Å². The summed E-state index contributed by atoms with van der Waals surface area (Å²) in [7, 11) is 0. The fourth-order valence-corrected chi connectivity index (χ4v) is 3.96. The lowest BCUT2D eigenvalue weighted by Crippen LogP contribution is -2.41. The zero-order valence-corrected chi connectivity index (χ0v) is 17.2. The molecule has 0 unspecified atom stereocenters. The third kappa shape index (κ3) is 4.95. The highest BCUT2D eigenvalue weighted by atomic mass is 35.5. The number of hydrogen-bond donors (Lipinski definition) is 2. The first kappa shape index (κ1) is 19.5. The molecule has 2 N–H and O–H groups in total. The largest absolute Gasteiger partial charge is 0.341 e. The lowest BCUT2D eigenvalue weighted by atomic mass is 10.0. The molecule has 0 atom stereocenters. The molecule has 1 aliphatic rings. The molecule has 0 bridgehead atoms. The Kier molecular flexibility index (Phi) is 6.33. The number of hydrogen-bond acceptors (Lipinski definition) is 3. The van der Waals surface area contributed by atoms with Crippen LogP contribution in [-0.4, -0.2) is 34.0 Å². The van der Waals surface area contributed by atoms with Crippen LogP contribution in [0, 0.1) is 0 Å². The maximum absolute atomic E-state index is 6.13. The van der Waals surface area contributed by atoms with Crippen LogP contribution in [0.3, 0.4) is 0 Å². The average molecular weight is 415 g/mol. The SMILES string of the molecule is Clc1ccc(CN2CCC(NCc3cnc(-c4ccccc4)[nH]3)CC2)cc1Cl. The first-order chi connectivity index (χ1) is 13.7. The summed E-state index contributed by atoms with van der Waals surface area (Å²) in [5.74, 6) is 0.925. The summed E-state index contributed by atoms with van der Waals surface area (Å²) in [6.45, 7) is 3.90. The summed E-state index contributed by atoms with van der Waals surface area (Å²) in [5.41, 5.74) is 3.45. The Balaban J connectivity index is 1.24. The summed E-state index contributed by atoms with van der Waals surface area (Å²) in [6.07, 6.45) is 4.21. The highest BCUT2D eigenvalue weighted by Crippen LogP contribution is 2.24. The number of halogens is 2. The molecular weight excluding hydrogens is 391 g/mol. The van der Waals surface area contributed by atoms with Crippen molar-refractivity contribution in [1.82, 2.24) is 20.2 Å². The standard InChI is InChI=1S/C22H24Cl2N4/c23-20-7-6-16(12-21(20)24)15-28-10-8-18(9-11-28)25-13-19-14-26-22(27-19)17-4-2-1-3-5-17/h1-7,12,14,18,25H,8-11,13,15H2,(H,26,27). The number of likely N-dealkylation sites (tertiary alicyclic amines) is 1. The fraction of sp³-hybridized carbons (Fsp3) is 0.318. The highest BCUT2D eigenvalue weighted by Gasteiger charge is 2.19. The van der Waals surface area contributed by atoms with Gasteiger partial charge in [-0.05, 0) is 43.6 Å². The van der Waals surface area contributed by atoms with Gasteiger partial charge in [0, 0.05) is 36.6 Å². The van der Waals surface area contributed by atoms with Crippen LogP contribution in [0.4, 0.5) is 0 Å². The van der Waals surface area contributed by atoms with Gasteiger partial charge in [-0.15, -0.1) is 0 Å². The number of imidazole rings is 1. The van der Waals surface area contributed by atoms with E-state index in [4.69, 9.17) is 23.2 Å². The Morgan fingerprint density at radius 2 is 1.82 bits per heavy atom. The van der Waals surface area contributed by atoms with Gasteiger partial charge in [-0.25, -0.2) is 4.98 Å². The Morgan fingerprint density at radius 1 is 1.04 bits per heavy atom. The van der Waals surface area contributed by atoms with E-state index in [1.54, 1.807) is 0 Å². The van der Waals surface area contributed by atoms with Gasteiger partial charge >= 0.3 is 0 Å². The maximum Gasteiger partial charge on any atom is 0.137 e. The molecule has 146 valence electrons. The first-order valence-corrected chi connectivity index (χ1v) is 10.4. The summed E-state index contributed by atoms with van der Waals surface area (Å²) in [5, 5.41) is 4.91. The molecule has 4 nitrogen and oxygen atoms in total. The molecule has 1 aliphatic heterocycles. The van der Waals surface area contributed by atoms with Crippen LogP contribution in [0.5, 0.6) is 0 Å². The monoisotopic (exact) mass is 414 g/mol. The summed E-state index contributed by atoms with van der Waals surface area (Å²) in [4.78, 5) is 10.4. The summed E-state index contributed by atoms with van der Waals surface area (Å²) in [6, 6.07) is 16.7. The Morgan fingerprint density at radius 3 is 2.57 bits per heavy atom. The van der Waals surface area contributed by atoms with Crippen molar-refractivity contribution in [3.8, 4) is 11.4 Å². The Labute approximate surface area is 175 Å². The van der Waals surface area contributed by atoms with Crippen LogP contribution in [0.1, 0.15) is 24.1 Å². The van der Waals surface area contributed by atoms with E-state index >= 15 is 0 Å². The van der Waals surface area contributed by atoms with Crippen molar-refractivity contribution < 1.29 is 0 Å². The van der Waals surface area contributed by atoms with Crippen molar-refractivity contribution in [3.05, 3.63) is 76.0 Å². The smallest absolute Gasteiger partial charge is 0.137 e. The first-order valence-electron chi connectivity index (χ1n) is 9.66. The molecule has 0 saturated carbocycles. The van der Waals surface area contributed by atoms with Gasteiger partial charge in [0.1, 0.15) is 5.82 Å². The van der Waals surface area contributed by atoms with E-state index in [1.807, 2.05) is 36.5 Å². The van der Waals surface area contributed by atoms with Crippen molar-refractivity contribution in [3.63, 3.8) is 0 Å². The number of nitrogens with zero attached hydrogens (tertiary/aromatic N) is 2. The van der Waals surface area contributed by atoms with Crippen LogP contribution in [0.25, 0.3) is 11.4 Å². The zero-order chi connectivity index (χ0) is 19.3. The molecule has 2 aromatic carbocycles. The quantitative estimate of drug-likeness (QED) is 0.586. The molecule has 1 fully saturated rings. The highest BCUT2D eigenvalue weighted by molar-refractivity contribution is 6.42. The third-order valence-corrected chi connectivity index (χ3v) is 5.97. The second-order valence-electron chi connectivity index (χ2n) is 7.30. The van der Waals surface area contributed by atoms with Gasteiger partial charge < -0.3 is 10.3 Å². The van der Waals surface area contributed by atoms with Crippen LogP contribution in [0.2, 0.25) is 10.0 Å². The van der Waals surface area contributed by atoms with Gasteiger partial charge in [0.25, 0.3) is 0 Å². The molecule has 2 heterocycles. The lowest BCUT2D eigenvalue weighted by Gasteiger charge is -2.32.